The highest BCUT2D eigenvalue weighted by atomic mass is 35.5. The first kappa shape index (κ1) is 15.3. The second-order valence-corrected chi connectivity index (χ2v) is 4.73. The van der Waals surface area contributed by atoms with Crippen LogP contribution in [0.3, 0.4) is 0 Å². The average Bonchev–Trinajstić information content (AvgIpc) is 2.71. The van der Waals surface area contributed by atoms with Gasteiger partial charge in [0.25, 0.3) is 0 Å². The van der Waals surface area contributed by atoms with Gasteiger partial charge >= 0.3 is 11.9 Å². The third-order valence-corrected chi connectivity index (χ3v) is 3.30. The van der Waals surface area contributed by atoms with Crippen molar-refractivity contribution < 1.29 is 23.8 Å². The lowest BCUT2D eigenvalue weighted by Crippen LogP contribution is -2.16. The van der Waals surface area contributed by atoms with Crippen LogP contribution >= 0.6 is 22.9 Å². The molecule has 0 aliphatic carbocycles. The van der Waals surface area contributed by atoms with Gasteiger partial charge in [-0.15, -0.1) is 11.3 Å². The van der Waals surface area contributed by atoms with E-state index in [4.69, 9.17) is 21.6 Å². The predicted molar refractivity (Wildman–Crippen MR) is 67.5 cm³/mol. The Morgan fingerprint density at radius 1 is 1.47 bits per heavy atom. The van der Waals surface area contributed by atoms with Crippen molar-refractivity contribution in [2.45, 2.75) is 6.92 Å². The minimum atomic E-state index is -0.688. The van der Waals surface area contributed by atoms with Gasteiger partial charge in [-0.1, -0.05) is 11.6 Å². The number of rotatable bonds is 5. The second kappa shape index (κ2) is 6.97. The van der Waals surface area contributed by atoms with E-state index in [1.807, 2.05) is 6.07 Å². The predicted octanol–water partition coefficient (Wildman–Crippen LogP) is 2.00. The molecule has 0 spiro atoms. The maximum absolute atomic E-state index is 11.5. The fraction of sp³-hybridized carbons (Fsp3) is 0.364. The van der Waals surface area contributed by atoms with Gasteiger partial charge in [-0.2, -0.15) is 5.26 Å². The van der Waals surface area contributed by atoms with Crippen molar-refractivity contribution >= 4 is 34.9 Å². The Labute approximate surface area is 118 Å². The maximum Gasteiger partial charge on any atom is 0.351 e. The van der Waals surface area contributed by atoms with E-state index in [9.17, 15) is 9.59 Å². The molecule has 1 heterocycles. The summed E-state index contributed by atoms with van der Waals surface area (Å²) in [6.45, 7) is 1.45. The first-order chi connectivity index (χ1) is 9.04. The van der Waals surface area contributed by atoms with Crippen molar-refractivity contribution in [1.29, 1.82) is 5.26 Å². The number of carbonyl (C=O) groups excluding carboxylic acids is 2. The fourth-order valence-electron chi connectivity index (χ4n) is 1.18. The molecule has 0 unspecified atom stereocenters. The Morgan fingerprint density at radius 3 is 2.68 bits per heavy atom. The highest BCUT2D eigenvalue weighted by Gasteiger charge is 2.25. The van der Waals surface area contributed by atoms with Crippen LogP contribution in [0.15, 0.2) is 0 Å². The molecule has 0 saturated carbocycles. The van der Waals surface area contributed by atoms with E-state index in [1.54, 1.807) is 6.92 Å². The Kier molecular flexibility index (Phi) is 5.60. The molecule has 0 aromatic carbocycles. The summed E-state index contributed by atoms with van der Waals surface area (Å²) in [6, 6.07) is 1.81. The number of ether oxygens (including phenoxy) is 3. The zero-order valence-corrected chi connectivity index (χ0v) is 11.8. The largest absolute Gasteiger partial charge is 0.479 e. The van der Waals surface area contributed by atoms with Crippen molar-refractivity contribution in [3.63, 3.8) is 0 Å². The van der Waals surface area contributed by atoms with E-state index in [0.29, 0.717) is 0 Å². The van der Waals surface area contributed by atoms with Crippen LogP contribution < -0.4 is 4.74 Å². The molecule has 0 N–H and O–H groups in total. The third-order valence-electron chi connectivity index (χ3n) is 1.94. The number of halogens is 1. The van der Waals surface area contributed by atoms with Crippen molar-refractivity contribution in [1.82, 2.24) is 0 Å². The molecule has 1 aromatic rings. The topological polar surface area (TPSA) is 85.6 Å². The van der Waals surface area contributed by atoms with Crippen molar-refractivity contribution in [2.75, 3.05) is 20.3 Å². The van der Waals surface area contributed by atoms with Crippen LogP contribution in [-0.2, 0) is 14.3 Å². The molecule has 0 aliphatic rings. The average molecular weight is 304 g/mol. The van der Waals surface area contributed by atoms with Gasteiger partial charge < -0.3 is 14.2 Å². The highest BCUT2D eigenvalue weighted by Crippen LogP contribution is 2.38. The molecule has 1 aromatic heterocycles. The quantitative estimate of drug-likeness (QED) is 0.773. The lowest BCUT2D eigenvalue weighted by atomic mass is 10.3. The third kappa shape index (κ3) is 3.59. The standard InChI is InChI=1S/C11H10ClNO5S/c1-3-17-7(14)5-18-8-6(4-13)10(12)19-9(8)11(15)16-2/h3,5H2,1-2H3. The van der Waals surface area contributed by atoms with Crippen molar-refractivity contribution in [3.8, 4) is 11.8 Å². The van der Waals surface area contributed by atoms with E-state index in [0.717, 1.165) is 11.3 Å². The van der Waals surface area contributed by atoms with Crippen LogP contribution in [0.4, 0.5) is 0 Å². The van der Waals surface area contributed by atoms with E-state index in [2.05, 4.69) is 9.47 Å². The lowest BCUT2D eigenvalue weighted by molar-refractivity contribution is -0.145. The molecule has 19 heavy (non-hydrogen) atoms. The Balaban J connectivity index is 3.00. The van der Waals surface area contributed by atoms with Gasteiger partial charge in [-0.25, -0.2) is 9.59 Å². The van der Waals surface area contributed by atoms with Gasteiger partial charge in [0.1, 0.15) is 16.0 Å². The summed E-state index contributed by atoms with van der Waals surface area (Å²) in [5.74, 6) is -1.35. The van der Waals surface area contributed by atoms with Crippen molar-refractivity contribution in [2.24, 2.45) is 0 Å². The number of esters is 2. The molecule has 0 fully saturated rings. The summed E-state index contributed by atoms with van der Waals surface area (Å²) in [5, 5.41) is 8.96. The van der Waals surface area contributed by atoms with E-state index < -0.39 is 18.5 Å². The summed E-state index contributed by atoms with van der Waals surface area (Å²) in [6.07, 6.45) is 0. The summed E-state index contributed by atoms with van der Waals surface area (Å²) >= 11 is 6.67. The smallest absolute Gasteiger partial charge is 0.351 e. The number of thiophene rings is 1. The zero-order chi connectivity index (χ0) is 14.4. The maximum atomic E-state index is 11.5. The lowest BCUT2D eigenvalue weighted by Gasteiger charge is -2.06. The molecule has 1 rings (SSSR count). The van der Waals surface area contributed by atoms with Gasteiger partial charge in [-0.05, 0) is 6.92 Å². The van der Waals surface area contributed by atoms with Crippen LogP contribution in [0.5, 0.6) is 5.75 Å². The van der Waals surface area contributed by atoms with E-state index in [-0.39, 0.29) is 27.1 Å². The number of carbonyl (C=O) groups is 2. The molecule has 0 radical (unpaired) electrons. The van der Waals surface area contributed by atoms with Gasteiger partial charge in [0.05, 0.1) is 13.7 Å². The molecule has 6 nitrogen and oxygen atoms in total. The summed E-state index contributed by atoms with van der Waals surface area (Å²) in [4.78, 5) is 22.7. The number of methoxy groups -OCH3 is 1. The minimum Gasteiger partial charge on any atom is -0.479 e. The SMILES string of the molecule is CCOC(=O)COc1c(C(=O)OC)sc(Cl)c1C#N. The summed E-state index contributed by atoms with van der Waals surface area (Å²) < 4.78 is 14.5. The fourth-order valence-corrected chi connectivity index (χ4v) is 2.38. The Morgan fingerprint density at radius 2 is 2.16 bits per heavy atom. The minimum absolute atomic E-state index is 0.00337. The monoisotopic (exact) mass is 303 g/mol. The molecule has 102 valence electrons. The van der Waals surface area contributed by atoms with Crippen LogP contribution in [0.1, 0.15) is 22.2 Å². The van der Waals surface area contributed by atoms with Crippen LogP contribution in [0.25, 0.3) is 0 Å². The van der Waals surface area contributed by atoms with E-state index >= 15 is 0 Å². The number of hydrogen-bond donors (Lipinski definition) is 0. The Bertz CT molecular complexity index is 534. The molecular weight excluding hydrogens is 294 g/mol. The van der Waals surface area contributed by atoms with Gasteiger partial charge in [0, 0.05) is 0 Å². The molecule has 8 heteroatoms. The summed E-state index contributed by atoms with van der Waals surface area (Å²) in [7, 11) is 1.19. The normalized spacial score (nSPS) is 9.58. The van der Waals surface area contributed by atoms with Gasteiger partial charge in [-0.3, -0.25) is 0 Å². The molecule has 0 bridgehead atoms. The first-order valence-electron chi connectivity index (χ1n) is 5.14. The van der Waals surface area contributed by atoms with Gasteiger partial charge in [0.2, 0.25) is 0 Å². The molecule has 0 saturated heterocycles. The van der Waals surface area contributed by atoms with E-state index in [1.165, 1.54) is 7.11 Å². The van der Waals surface area contributed by atoms with Crippen LogP contribution in [0.2, 0.25) is 4.34 Å². The number of nitriles is 1. The van der Waals surface area contributed by atoms with Crippen LogP contribution in [-0.4, -0.2) is 32.3 Å². The zero-order valence-electron chi connectivity index (χ0n) is 10.2. The molecule has 0 atom stereocenters. The second-order valence-electron chi connectivity index (χ2n) is 3.11. The van der Waals surface area contributed by atoms with Gasteiger partial charge in [0.15, 0.2) is 17.2 Å². The van der Waals surface area contributed by atoms with Crippen molar-refractivity contribution in [3.05, 3.63) is 14.8 Å². The number of hydrogen-bond acceptors (Lipinski definition) is 7. The Hall–Kier alpha value is -1.78. The molecular formula is C11H10ClNO5S. The number of nitrogens with zero attached hydrogens (tertiary/aromatic N) is 1. The summed E-state index contributed by atoms with van der Waals surface area (Å²) in [5.41, 5.74) is -0.00337. The highest BCUT2D eigenvalue weighted by molar-refractivity contribution is 7.18. The molecule has 0 amide bonds. The molecule has 0 aliphatic heterocycles. The van der Waals surface area contributed by atoms with Crippen LogP contribution in [0, 0.1) is 11.3 Å². The first-order valence-corrected chi connectivity index (χ1v) is 6.33.